The van der Waals surface area contributed by atoms with E-state index in [1.54, 1.807) is 37.5 Å². The molecule has 0 saturated heterocycles. The van der Waals surface area contributed by atoms with Gasteiger partial charge in [0.2, 0.25) is 0 Å². The molecule has 0 spiro atoms. The van der Waals surface area contributed by atoms with Gasteiger partial charge in [-0.2, -0.15) is 0 Å². The van der Waals surface area contributed by atoms with Crippen LogP contribution in [0.15, 0.2) is 51.5 Å². The number of hydrogen-bond donors (Lipinski definition) is 0. The average molecular weight is 495 g/mol. The number of rotatable bonds is 7. The highest BCUT2D eigenvalue weighted by Crippen LogP contribution is 2.45. The van der Waals surface area contributed by atoms with Crippen molar-refractivity contribution in [3.63, 3.8) is 0 Å². The van der Waals surface area contributed by atoms with Crippen LogP contribution in [0, 0.1) is 5.92 Å². The normalized spacial score (nSPS) is 17.5. The standard InChI is InChI=1S/C14H17N3OS.C12H17N3O/c1-3-10-4-5-12-11(8-10)17(9-18-2)13-14(19-12)16-7-6-15-13;1-5-8(3)10-11(9(4)16)14-7-15-12(10)13-6-2/h4-7,10H,3,8-9H2,1-2H3;6-8H,5H2,1-4H3. The second kappa shape index (κ2) is 12.7. The minimum Gasteiger partial charge on any atom is -0.364 e. The van der Waals surface area contributed by atoms with Crippen molar-refractivity contribution < 1.29 is 9.53 Å². The molecule has 186 valence electrons. The summed E-state index contributed by atoms with van der Waals surface area (Å²) < 4.78 is 5.35. The second-order valence-corrected chi connectivity index (χ2v) is 9.42. The lowest BCUT2D eigenvalue weighted by atomic mass is 9.95. The van der Waals surface area contributed by atoms with E-state index in [1.165, 1.54) is 23.9 Å². The predicted molar refractivity (Wildman–Crippen MR) is 141 cm³/mol. The van der Waals surface area contributed by atoms with E-state index in [4.69, 9.17) is 4.74 Å². The number of thioether (sulfide) groups is 1. The van der Waals surface area contributed by atoms with Gasteiger partial charge in [0, 0.05) is 48.8 Å². The molecule has 0 N–H and O–H groups in total. The average Bonchev–Trinajstić information content (AvgIpc) is 2.88. The fourth-order valence-corrected chi connectivity index (χ4v) is 5.01. The Labute approximate surface area is 212 Å². The first-order chi connectivity index (χ1) is 16.9. The highest BCUT2D eigenvalue weighted by molar-refractivity contribution is 8.03. The molecule has 2 unspecified atom stereocenters. The lowest BCUT2D eigenvalue weighted by Crippen LogP contribution is -2.31. The quantitative estimate of drug-likeness (QED) is 0.336. The fraction of sp³-hybridized carbons (Fsp3) is 0.462. The number of ketones is 1. The Hall–Kier alpha value is -2.91. The summed E-state index contributed by atoms with van der Waals surface area (Å²) in [7, 11) is 1.72. The van der Waals surface area contributed by atoms with Crippen molar-refractivity contribution in [1.82, 2.24) is 19.9 Å². The summed E-state index contributed by atoms with van der Waals surface area (Å²) in [6, 6.07) is 0. The zero-order valence-electron chi connectivity index (χ0n) is 21.4. The topological polar surface area (TPSA) is 93.5 Å². The van der Waals surface area contributed by atoms with Gasteiger partial charge in [0.05, 0.1) is 0 Å². The van der Waals surface area contributed by atoms with Crippen molar-refractivity contribution in [1.29, 1.82) is 0 Å². The number of aliphatic imine (C=N–C) groups is 1. The van der Waals surface area contributed by atoms with Gasteiger partial charge in [0.25, 0.3) is 0 Å². The molecule has 4 rings (SSSR count). The summed E-state index contributed by atoms with van der Waals surface area (Å²) >= 11 is 1.71. The van der Waals surface area contributed by atoms with Crippen LogP contribution in [0.3, 0.4) is 0 Å². The van der Waals surface area contributed by atoms with Crippen molar-refractivity contribution in [3.05, 3.63) is 52.7 Å². The maximum absolute atomic E-state index is 11.5. The van der Waals surface area contributed by atoms with Gasteiger partial charge in [-0.05, 0) is 38.0 Å². The van der Waals surface area contributed by atoms with Crippen LogP contribution < -0.4 is 4.90 Å². The zero-order valence-corrected chi connectivity index (χ0v) is 22.2. The molecule has 0 fully saturated rings. The van der Waals surface area contributed by atoms with Crippen LogP contribution >= 0.6 is 11.8 Å². The van der Waals surface area contributed by atoms with Crippen LogP contribution in [0.25, 0.3) is 0 Å². The van der Waals surface area contributed by atoms with E-state index in [1.807, 2.05) is 6.92 Å². The molecule has 0 aromatic carbocycles. The Morgan fingerprint density at radius 1 is 1.29 bits per heavy atom. The molecule has 0 amide bonds. The first-order valence-corrected chi connectivity index (χ1v) is 12.8. The van der Waals surface area contributed by atoms with Gasteiger partial charge in [-0.25, -0.2) is 24.9 Å². The number of hydrogen-bond acceptors (Lipinski definition) is 9. The van der Waals surface area contributed by atoms with Gasteiger partial charge in [-0.15, -0.1) is 0 Å². The number of nitrogens with zero attached hydrogens (tertiary/aromatic N) is 6. The number of Topliss-reactive ketones (excluding diaryl/α,β-unsaturated/α-hetero) is 1. The maximum atomic E-state index is 11.5. The molecule has 2 aromatic heterocycles. The smallest absolute Gasteiger partial charge is 0.178 e. The highest BCUT2D eigenvalue weighted by Gasteiger charge is 2.29. The summed E-state index contributed by atoms with van der Waals surface area (Å²) in [4.78, 5) is 36.2. The number of ether oxygens (including phenoxy) is 1. The third kappa shape index (κ3) is 6.21. The number of carbonyl (C=O) groups excluding carboxylic acids is 1. The lowest BCUT2D eigenvalue weighted by molar-refractivity contribution is 0.101. The van der Waals surface area contributed by atoms with E-state index in [-0.39, 0.29) is 11.7 Å². The van der Waals surface area contributed by atoms with E-state index >= 15 is 0 Å². The van der Waals surface area contributed by atoms with Crippen molar-refractivity contribution >= 4 is 35.4 Å². The molecule has 9 heteroatoms. The van der Waals surface area contributed by atoms with Gasteiger partial charge >= 0.3 is 0 Å². The molecule has 8 nitrogen and oxygen atoms in total. The van der Waals surface area contributed by atoms with E-state index in [0.29, 0.717) is 24.2 Å². The summed E-state index contributed by atoms with van der Waals surface area (Å²) in [6.45, 7) is 10.2. The lowest BCUT2D eigenvalue weighted by Gasteiger charge is -2.35. The van der Waals surface area contributed by atoms with Crippen LogP contribution in [0.2, 0.25) is 0 Å². The van der Waals surface area contributed by atoms with E-state index in [0.717, 1.165) is 35.7 Å². The van der Waals surface area contributed by atoms with Gasteiger partial charge < -0.3 is 9.64 Å². The molecule has 0 bridgehead atoms. The molecule has 1 aliphatic heterocycles. The Bertz CT molecular complexity index is 1130. The molecule has 35 heavy (non-hydrogen) atoms. The molecule has 2 atom stereocenters. The van der Waals surface area contributed by atoms with Crippen molar-refractivity contribution in [2.75, 3.05) is 18.7 Å². The zero-order chi connectivity index (χ0) is 25.4. The predicted octanol–water partition coefficient (Wildman–Crippen LogP) is 6.11. The fourth-order valence-electron chi connectivity index (χ4n) is 3.98. The monoisotopic (exact) mass is 494 g/mol. The van der Waals surface area contributed by atoms with E-state index in [9.17, 15) is 4.79 Å². The summed E-state index contributed by atoms with van der Waals surface area (Å²) in [5, 5.41) is 0.956. The number of fused-ring (bicyclic) bond motifs is 1. The first kappa shape index (κ1) is 26.7. The third-order valence-electron chi connectivity index (χ3n) is 6.03. The minimum absolute atomic E-state index is 0.0368. The van der Waals surface area contributed by atoms with E-state index < -0.39 is 0 Å². The maximum Gasteiger partial charge on any atom is 0.178 e. The SMILES string of the molecule is CC=Nc1ncnc(C(C)=O)c1C(C)CC.CCC1C=CC2=C(C1)N(COC)c1nccnc1S2. The van der Waals surface area contributed by atoms with Gasteiger partial charge in [0.1, 0.15) is 23.8 Å². The Kier molecular flexibility index (Phi) is 9.68. The van der Waals surface area contributed by atoms with Crippen LogP contribution in [0.1, 0.15) is 75.9 Å². The minimum atomic E-state index is -0.0368. The van der Waals surface area contributed by atoms with Crippen molar-refractivity contribution in [2.45, 2.75) is 64.8 Å². The summed E-state index contributed by atoms with van der Waals surface area (Å²) in [6.07, 6.45) is 14.2. The Balaban J connectivity index is 0.000000199. The van der Waals surface area contributed by atoms with Crippen LogP contribution in [0.5, 0.6) is 0 Å². The van der Waals surface area contributed by atoms with Crippen LogP contribution in [-0.2, 0) is 4.74 Å². The Morgan fingerprint density at radius 2 is 2.06 bits per heavy atom. The molecular weight excluding hydrogens is 460 g/mol. The number of methoxy groups -OCH3 is 1. The molecule has 2 aromatic rings. The summed E-state index contributed by atoms with van der Waals surface area (Å²) in [5.41, 5.74) is 2.66. The number of aromatic nitrogens is 4. The van der Waals surface area contributed by atoms with Crippen molar-refractivity contribution in [3.8, 4) is 0 Å². The number of allylic oxidation sites excluding steroid dienone is 3. The third-order valence-corrected chi connectivity index (χ3v) is 7.10. The van der Waals surface area contributed by atoms with Gasteiger partial charge in [0.15, 0.2) is 17.4 Å². The molecule has 1 aliphatic carbocycles. The number of carbonyl (C=O) groups is 1. The molecule has 2 aliphatic rings. The molecule has 3 heterocycles. The molecular formula is C26H34N6O2S. The Morgan fingerprint density at radius 3 is 2.71 bits per heavy atom. The second-order valence-electron chi connectivity index (χ2n) is 8.39. The first-order valence-electron chi connectivity index (χ1n) is 12.0. The van der Waals surface area contributed by atoms with Crippen LogP contribution in [-0.4, -0.2) is 45.8 Å². The molecule has 0 radical (unpaired) electrons. The van der Waals surface area contributed by atoms with Crippen LogP contribution in [0.4, 0.5) is 11.6 Å². The molecule has 0 saturated carbocycles. The van der Waals surface area contributed by atoms with E-state index in [2.05, 4.69) is 62.8 Å². The highest BCUT2D eigenvalue weighted by atomic mass is 32.2. The van der Waals surface area contributed by atoms with Crippen molar-refractivity contribution in [2.24, 2.45) is 10.9 Å². The number of anilines is 1. The summed E-state index contributed by atoms with van der Waals surface area (Å²) in [5.74, 6) is 2.33. The van der Waals surface area contributed by atoms with Gasteiger partial charge in [-0.3, -0.25) is 4.79 Å². The largest absolute Gasteiger partial charge is 0.364 e. The van der Waals surface area contributed by atoms with Gasteiger partial charge in [-0.1, -0.05) is 44.7 Å².